The minimum atomic E-state index is 0.00565. The van der Waals surface area contributed by atoms with E-state index in [1.54, 1.807) is 17.0 Å². The molecular formula is C8H10N2O. The predicted octanol–water partition coefficient (Wildman–Crippen LogP) is 0.947. The van der Waals surface area contributed by atoms with Crippen molar-refractivity contribution in [2.24, 2.45) is 0 Å². The summed E-state index contributed by atoms with van der Waals surface area (Å²) in [5, 5.41) is 0. The summed E-state index contributed by atoms with van der Waals surface area (Å²) in [5.74, 6) is 0.853. The van der Waals surface area contributed by atoms with Gasteiger partial charge in [-0.15, -0.1) is 0 Å². The molecule has 1 aromatic rings. The Bertz CT molecular complexity index is 275. The lowest BCUT2D eigenvalue weighted by Crippen LogP contribution is -2.07. The maximum atomic E-state index is 10.9. The molecule has 0 fully saturated rings. The first kappa shape index (κ1) is 7.72. The summed E-state index contributed by atoms with van der Waals surface area (Å²) < 4.78 is 1.78. The third kappa shape index (κ3) is 1.77. The molecule has 0 atom stereocenters. The summed E-state index contributed by atoms with van der Waals surface area (Å²) in [7, 11) is 0. The van der Waals surface area contributed by atoms with E-state index in [2.05, 4.69) is 11.6 Å². The fourth-order valence-corrected chi connectivity index (χ4v) is 0.803. The number of ketones is 1. The molecule has 0 saturated carbocycles. The van der Waals surface area contributed by atoms with Crippen LogP contribution in [0, 0.1) is 6.92 Å². The number of nitrogens with zero attached hydrogens (tertiary/aromatic N) is 2. The SMILES string of the molecule is C=CC(=O)Cn1ccnc1C. The van der Waals surface area contributed by atoms with Gasteiger partial charge in [0, 0.05) is 12.4 Å². The van der Waals surface area contributed by atoms with Crippen LogP contribution in [0.15, 0.2) is 25.0 Å². The van der Waals surface area contributed by atoms with Crippen molar-refractivity contribution < 1.29 is 4.79 Å². The quantitative estimate of drug-likeness (QED) is 0.601. The smallest absolute Gasteiger partial charge is 0.174 e. The van der Waals surface area contributed by atoms with E-state index in [-0.39, 0.29) is 5.78 Å². The Morgan fingerprint density at radius 3 is 3.09 bits per heavy atom. The highest BCUT2D eigenvalue weighted by Crippen LogP contribution is 1.94. The van der Waals surface area contributed by atoms with E-state index in [1.165, 1.54) is 6.08 Å². The monoisotopic (exact) mass is 150 g/mol. The van der Waals surface area contributed by atoms with Crippen LogP contribution in [0.4, 0.5) is 0 Å². The molecule has 0 aromatic carbocycles. The number of imidazole rings is 1. The molecule has 0 aliphatic heterocycles. The molecule has 1 heterocycles. The van der Waals surface area contributed by atoms with E-state index in [0.717, 1.165) is 5.82 Å². The van der Waals surface area contributed by atoms with Crippen LogP contribution in [0.2, 0.25) is 0 Å². The van der Waals surface area contributed by atoms with E-state index in [1.807, 2.05) is 6.92 Å². The molecule has 0 aliphatic carbocycles. The topological polar surface area (TPSA) is 34.9 Å². The van der Waals surface area contributed by atoms with Crippen LogP contribution in [0.3, 0.4) is 0 Å². The number of rotatable bonds is 3. The van der Waals surface area contributed by atoms with Crippen LogP contribution in [0.5, 0.6) is 0 Å². The molecule has 3 nitrogen and oxygen atoms in total. The van der Waals surface area contributed by atoms with Crippen molar-refractivity contribution in [3.8, 4) is 0 Å². The van der Waals surface area contributed by atoms with Gasteiger partial charge in [-0.2, -0.15) is 0 Å². The molecule has 3 heteroatoms. The standard InChI is InChI=1S/C8H10N2O/c1-3-8(11)6-10-5-4-9-7(10)2/h3-5H,1,6H2,2H3. The van der Waals surface area contributed by atoms with E-state index in [0.29, 0.717) is 6.54 Å². The van der Waals surface area contributed by atoms with E-state index >= 15 is 0 Å². The Morgan fingerprint density at radius 1 is 1.91 bits per heavy atom. The van der Waals surface area contributed by atoms with Gasteiger partial charge in [-0.05, 0) is 13.0 Å². The third-order valence-electron chi connectivity index (χ3n) is 1.48. The molecule has 0 spiro atoms. The fourth-order valence-electron chi connectivity index (χ4n) is 0.803. The molecule has 0 N–H and O–H groups in total. The third-order valence-corrected chi connectivity index (χ3v) is 1.48. The molecule has 0 amide bonds. The lowest BCUT2D eigenvalue weighted by Gasteiger charge is -1.99. The molecule has 0 bridgehead atoms. The van der Waals surface area contributed by atoms with Crippen molar-refractivity contribution in [1.82, 2.24) is 9.55 Å². The second-order valence-corrected chi connectivity index (χ2v) is 2.27. The van der Waals surface area contributed by atoms with Crippen LogP contribution >= 0.6 is 0 Å². The Labute approximate surface area is 65.4 Å². The van der Waals surface area contributed by atoms with E-state index < -0.39 is 0 Å². The number of aryl methyl sites for hydroxylation is 1. The normalized spacial score (nSPS) is 9.55. The van der Waals surface area contributed by atoms with Gasteiger partial charge in [0.15, 0.2) is 5.78 Å². The zero-order valence-electron chi connectivity index (χ0n) is 6.45. The number of carbonyl (C=O) groups is 1. The lowest BCUT2D eigenvalue weighted by molar-refractivity contribution is -0.115. The number of carbonyl (C=O) groups excluding carboxylic acids is 1. The van der Waals surface area contributed by atoms with Crippen LogP contribution in [0.1, 0.15) is 5.82 Å². The van der Waals surface area contributed by atoms with Crippen LogP contribution in [-0.4, -0.2) is 15.3 Å². The van der Waals surface area contributed by atoms with Crippen molar-refractivity contribution in [1.29, 1.82) is 0 Å². The van der Waals surface area contributed by atoms with Crippen LogP contribution in [-0.2, 0) is 11.3 Å². The van der Waals surface area contributed by atoms with E-state index in [9.17, 15) is 4.79 Å². The van der Waals surface area contributed by atoms with Gasteiger partial charge in [0.25, 0.3) is 0 Å². The minimum Gasteiger partial charge on any atom is -0.327 e. The first-order valence-electron chi connectivity index (χ1n) is 3.37. The van der Waals surface area contributed by atoms with Gasteiger partial charge in [-0.1, -0.05) is 6.58 Å². The molecule has 0 unspecified atom stereocenters. The van der Waals surface area contributed by atoms with Crippen molar-refractivity contribution in [3.05, 3.63) is 30.9 Å². The second-order valence-electron chi connectivity index (χ2n) is 2.27. The van der Waals surface area contributed by atoms with Crippen molar-refractivity contribution in [2.75, 3.05) is 0 Å². The highest BCUT2D eigenvalue weighted by atomic mass is 16.1. The Balaban J connectivity index is 2.71. The predicted molar refractivity (Wildman–Crippen MR) is 42.2 cm³/mol. The van der Waals surface area contributed by atoms with Crippen LogP contribution in [0.25, 0.3) is 0 Å². The van der Waals surface area contributed by atoms with Gasteiger partial charge < -0.3 is 4.57 Å². The van der Waals surface area contributed by atoms with Gasteiger partial charge >= 0.3 is 0 Å². The summed E-state index contributed by atoms with van der Waals surface area (Å²) in [6.45, 7) is 5.59. The molecular weight excluding hydrogens is 140 g/mol. The molecule has 58 valence electrons. The zero-order chi connectivity index (χ0) is 8.27. The molecule has 0 aliphatic rings. The lowest BCUT2D eigenvalue weighted by atomic mass is 10.4. The van der Waals surface area contributed by atoms with Crippen molar-refractivity contribution in [3.63, 3.8) is 0 Å². The van der Waals surface area contributed by atoms with Crippen molar-refractivity contribution in [2.45, 2.75) is 13.5 Å². The highest BCUT2D eigenvalue weighted by molar-refractivity contribution is 5.88. The Morgan fingerprint density at radius 2 is 2.64 bits per heavy atom. The summed E-state index contributed by atoms with van der Waals surface area (Å²) in [6.07, 6.45) is 4.77. The average Bonchev–Trinajstić information content (AvgIpc) is 2.37. The first-order chi connectivity index (χ1) is 5.24. The maximum Gasteiger partial charge on any atom is 0.174 e. The Hall–Kier alpha value is -1.38. The second kappa shape index (κ2) is 3.14. The van der Waals surface area contributed by atoms with Gasteiger partial charge in [0.2, 0.25) is 0 Å². The molecule has 1 aromatic heterocycles. The van der Waals surface area contributed by atoms with Gasteiger partial charge in [0.1, 0.15) is 5.82 Å². The van der Waals surface area contributed by atoms with Crippen LogP contribution < -0.4 is 0 Å². The average molecular weight is 150 g/mol. The molecule has 1 rings (SSSR count). The molecule has 11 heavy (non-hydrogen) atoms. The number of hydrogen-bond donors (Lipinski definition) is 0. The summed E-state index contributed by atoms with van der Waals surface area (Å²) in [6, 6.07) is 0. The van der Waals surface area contributed by atoms with Gasteiger partial charge in [-0.25, -0.2) is 4.98 Å². The minimum absolute atomic E-state index is 0.00565. The summed E-state index contributed by atoms with van der Waals surface area (Å²) in [5.41, 5.74) is 0. The van der Waals surface area contributed by atoms with Crippen molar-refractivity contribution >= 4 is 5.78 Å². The maximum absolute atomic E-state index is 10.9. The summed E-state index contributed by atoms with van der Waals surface area (Å²) in [4.78, 5) is 14.8. The van der Waals surface area contributed by atoms with Gasteiger partial charge in [0.05, 0.1) is 6.54 Å². The fraction of sp³-hybridized carbons (Fsp3) is 0.250. The number of allylic oxidation sites excluding steroid dienone is 1. The van der Waals surface area contributed by atoms with E-state index in [4.69, 9.17) is 0 Å². The summed E-state index contributed by atoms with van der Waals surface area (Å²) >= 11 is 0. The molecule has 0 saturated heterocycles. The number of aromatic nitrogens is 2. The Kier molecular flexibility index (Phi) is 2.21. The zero-order valence-corrected chi connectivity index (χ0v) is 6.45. The first-order valence-corrected chi connectivity index (χ1v) is 3.37. The van der Waals surface area contributed by atoms with Gasteiger partial charge in [-0.3, -0.25) is 4.79 Å². The molecule has 0 radical (unpaired) electrons. The number of hydrogen-bond acceptors (Lipinski definition) is 2. The highest BCUT2D eigenvalue weighted by Gasteiger charge is 1.99. The largest absolute Gasteiger partial charge is 0.327 e.